The highest BCUT2D eigenvalue weighted by atomic mass is 16.4. The molecular weight excluding hydrogens is 372 g/mol. The number of aromatic nitrogens is 6. The van der Waals surface area contributed by atoms with Crippen LogP contribution in [0, 0.1) is 0 Å². The molecule has 0 atom stereocenters. The van der Waals surface area contributed by atoms with Gasteiger partial charge in [0, 0.05) is 30.4 Å². The van der Waals surface area contributed by atoms with Crippen molar-refractivity contribution in [1.82, 2.24) is 35.1 Å². The minimum absolute atomic E-state index is 0.0963. The van der Waals surface area contributed by atoms with Crippen molar-refractivity contribution in [2.45, 2.75) is 26.7 Å². The van der Waals surface area contributed by atoms with Gasteiger partial charge in [0.25, 0.3) is 11.8 Å². The first kappa shape index (κ1) is 18.5. The molecule has 4 aromatic rings. The summed E-state index contributed by atoms with van der Waals surface area (Å²) < 4.78 is 7.40. The number of hydrogen-bond acceptors (Lipinski definition) is 7. The molecule has 4 heterocycles. The predicted octanol–water partition coefficient (Wildman–Crippen LogP) is 3.11. The van der Waals surface area contributed by atoms with Crippen molar-refractivity contribution in [3.8, 4) is 22.7 Å². The van der Waals surface area contributed by atoms with Crippen molar-refractivity contribution in [3.63, 3.8) is 0 Å². The molecule has 4 aromatic heterocycles. The second-order valence-electron chi connectivity index (χ2n) is 6.66. The van der Waals surface area contributed by atoms with Gasteiger partial charge < -0.3 is 9.73 Å². The Kier molecular flexibility index (Phi) is 4.90. The van der Waals surface area contributed by atoms with Crippen LogP contribution in [0.25, 0.3) is 28.4 Å². The number of amides is 2. The van der Waals surface area contributed by atoms with Crippen molar-refractivity contribution in [1.29, 1.82) is 0 Å². The molecule has 29 heavy (non-hydrogen) atoms. The number of rotatable bonds is 5. The molecule has 0 radical (unpaired) electrons. The first-order chi connectivity index (χ1) is 14.0. The van der Waals surface area contributed by atoms with Gasteiger partial charge in [-0.15, -0.1) is 15.3 Å². The lowest BCUT2D eigenvalue weighted by molar-refractivity contribution is 0.252. The van der Waals surface area contributed by atoms with E-state index in [0.29, 0.717) is 29.7 Å². The Morgan fingerprint density at radius 1 is 1.24 bits per heavy atom. The summed E-state index contributed by atoms with van der Waals surface area (Å²) in [4.78, 5) is 20.4. The van der Waals surface area contributed by atoms with E-state index in [-0.39, 0.29) is 17.9 Å². The zero-order valence-electron chi connectivity index (χ0n) is 16.2. The molecule has 0 fully saturated rings. The monoisotopic (exact) mass is 392 g/mol. The molecule has 0 aliphatic heterocycles. The maximum atomic E-state index is 11.9. The molecule has 2 N–H and O–H groups in total. The maximum absolute atomic E-state index is 11.9. The second-order valence-corrected chi connectivity index (χ2v) is 6.66. The summed E-state index contributed by atoms with van der Waals surface area (Å²) >= 11 is 0. The molecule has 0 bridgehead atoms. The van der Waals surface area contributed by atoms with Crippen LogP contribution in [0.1, 0.15) is 32.6 Å². The van der Waals surface area contributed by atoms with E-state index in [1.807, 2.05) is 45.0 Å². The average Bonchev–Trinajstić information content (AvgIpc) is 3.35. The molecule has 0 aliphatic carbocycles. The number of carbonyl (C=O) groups is 1. The zero-order valence-corrected chi connectivity index (χ0v) is 16.2. The van der Waals surface area contributed by atoms with E-state index in [2.05, 4.69) is 35.9 Å². The van der Waals surface area contributed by atoms with Gasteiger partial charge in [-0.3, -0.25) is 10.3 Å². The molecule has 0 saturated carbocycles. The van der Waals surface area contributed by atoms with E-state index < -0.39 is 0 Å². The molecule has 0 aliphatic rings. The van der Waals surface area contributed by atoms with E-state index in [0.717, 1.165) is 11.1 Å². The highest BCUT2D eigenvalue weighted by molar-refractivity contribution is 5.87. The first-order valence-corrected chi connectivity index (χ1v) is 9.25. The summed E-state index contributed by atoms with van der Waals surface area (Å²) in [5.41, 5.74) is 2.86. The summed E-state index contributed by atoms with van der Waals surface area (Å²) in [5.74, 6) is 1.11. The topological polar surface area (TPSA) is 123 Å². The van der Waals surface area contributed by atoms with E-state index in [4.69, 9.17) is 4.42 Å². The molecule has 0 unspecified atom stereocenters. The van der Waals surface area contributed by atoms with Crippen molar-refractivity contribution < 1.29 is 9.21 Å². The summed E-state index contributed by atoms with van der Waals surface area (Å²) in [6.07, 6.45) is 3.47. The highest BCUT2D eigenvalue weighted by Gasteiger charge is 2.19. The number of nitrogens with zero attached hydrogens (tertiary/aromatic N) is 6. The lowest BCUT2D eigenvalue weighted by atomic mass is 10.1. The summed E-state index contributed by atoms with van der Waals surface area (Å²) in [5, 5.41) is 17.9. The maximum Gasteiger partial charge on any atom is 0.321 e. The van der Waals surface area contributed by atoms with Crippen LogP contribution in [0.5, 0.6) is 0 Å². The van der Waals surface area contributed by atoms with E-state index in [9.17, 15) is 4.79 Å². The van der Waals surface area contributed by atoms with Crippen LogP contribution in [0.2, 0.25) is 0 Å². The smallest absolute Gasteiger partial charge is 0.321 e. The van der Waals surface area contributed by atoms with Crippen LogP contribution in [0.3, 0.4) is 0 Å². The van der Waals surface area contributed by atoms with Gasteiger partial charge in [-0.25, -0.2) is 9.31 Å². The van der Waals surface area contributed by atoms with Gasteiger partial charge in [0.1, 0.15) is 5.69 Å². The lowest BCUT2D eigenvalue weighted by Crippen LogP contribution is -2.28. The Labute approximate surface area is 166 Å². The molecule has 2 amide bonds. The van der Waals surface area contributed by atoms with Crippen LogP contribution in [0.4, 0.5) is 10.7 Å². The van der Waals surface area contributed by atoms with Gasteiger partial charge in [0.15, 0.2) is 5.65 Å². The standard InChI is InChI=1S/C19H20N8O2/c1-4-21-19(28)23-18-22-15-9-13(12-6-5-7-20-10-12)8-14(27(15)26-18)17-25-24-16(29-17)11(2)3/h5-11H,4H2,1-3H3,(H2,21,23,26,28). The molecular formula is C19H20N8O2. The fourth-order valence-electron chi connectivity index (χ4n) is 2.77. The first-order valence-electron chi connectivity index (χ1n) is 9.25. The zero-order chi connectivity index (χ0) is 20.4. The number of hydrogen-bond donors (Lipinski definition) is 2. The summed E-state index contributed by atoms with van der Waals surface area (Å²) in [7, 11) is 0. The third-order valence-electron chi connectivity index (χ3n) is 4.15. The predicted molar refractivity (Wildman–Crippen MR) is 106 cm³/mol. The SMILES string of the molecule is CCNC(=O)Nc1nc2cc(-c3cccnc3)cc(-c3nnc(C(C)C)o3)n2n1. The molecule has 148 valence electrons. The number of pyridine rings is 2. The van der Waals surface area contributed by atoms with Gasteiger partial charge in [-0.05, 0) is 30.7 Å². The van der Waals surface area contributed by atoms with E-state index in [1.165, 1.54) is 0 Å². The van der Waals surface area contributed by atoms with Gasteiger partial charge >= 0.3 is 6.03 Å². The Hall–Kier alpha value is -3.82. The Morgan fingerprint density at radius 3 is 2.79 bits per heavy atom. The number of anilines is 1. The van der Waals surface area contributed by atoms with E-state index in [1.54, 1.807) is 16.9 Å². The minimum Gasteiger partial charge on any atom is -0.419 e. The van der Waals surface area contributed by atoms with Crippen molar-refractivity contribution in [2.75, 3.05) is 11.9 Å². The normalized spacial score (nSPS) is 11.2. The van der Waals surface area contributed by atoms with Crippen LogP contribution in [0.15, 0.2) is 41.1 Å². The molecule has 0 aromatic carbocycles. The molecule has 10 heteroatoms. The lowest BCUT2D eigenvalue weighted by Gasteiger charge is -2.05. The highest BCUT2D eigenvalue weighted by Crippen LogP contribution is 2.28. The van der Waals surface area contributed by atoms with Crippen LogP contribution in [-0.2, 0) is 0 Å². The average molecular weight is 392 g/mol. The van der Waals surface area contributed by atoms with Gasteiger partial charge in [0.05, 0.1) is 0 Å². The molecule has 4 rings (SSSR count). The number of nitrogens with one attached hydrogen (secondary N) is 2. The number of fused-ring (bicyclic) bond motifs is 1. The fraction of sp³-hybridized carbons (Fsp3) is 0.263. The fourth-order valence-corrected chi connectivity index (χ4v) is 2.77. The van der Waals surface area contributed by atoms with Crippen LogP contribution >= 0.6 is 0 Å². The van der Waals surface area contributed by atoms with Crippen molar-refractivity contribution in [3.05, 3.63) is 42.5 Å². The third kappa shape index (κ3) is 3.77. The quantitative estimate of drug-likeness (QED) is 0.535. The largest absolute Gasteiger partial charge is 0.419 e. The summed E-state index contributed by atoms with van der Waals surface area (Å²) in [6.45, 7) is 6.28. The summed E-state index contributed by atoms with van der Waals surface area (Å²) in [6, 6.07) is 7.16. The van der Waals surface area contributed by atoms with E-state index >= 15 is 0 Å². The number of urea groups is 1. The Balaban J connectivity index is 1.85. The number of carbonyl (C=O) groups excluding carboxylic acids is 1. The second kappa shape index (κ2) is 7.66. The third-order valence-corrected chi connectivity index (χ3v) is 4.15. The van der Waals surface area contributed by atoms with Gasteiger partial charge in [0.2, 0.25) is 5.89 Å². The Morgan fingerprint density at radius 2 is 2.10 bits per heavy atom. The minimum atomic E-state index is -0.377. The van der Waals surface area contributed by atoms with Crippen LogP contribution < -0.4 is 10.6 Å². The van der Waals surface area contributed by atoms with Gasteiger partial charge in [-0.1, -0.05) is 19.9 Å². The molecule has 0 saturated heterocycles. The van der Waals surface area contributed by atoms with Gasteiger partial charge in [-0.2, -0.15) is 4.98 Å². The van der Waals surface area contributed by atoms with Crippen LogP contribution in [-0.4, -0.2) is 42.4 Å². The Bertz CT molecular complexity index is 1150. The van der Waals surface area contributed by atoms with Crippen molar-refractivity contribution in [2.24, 2.45) is 0 Å². The molecule has 10 nitrogen and oxygen atoms in total. The molecule has 0 spiro atoms. The van der Waals surface area contributed by atoms with Crippen molar-refractivity contribution >= 4 is 17.6 Å².